The fourth-order valence-corrected chi connectivity index (χ4v) is 1.74. The second-order valence-corrected chi connectivity index (χ2v) is 4.26. The molecule has 0 heterocycles. The number of hydrogen-bond acceptors (Lipinski definition) is 3. The minimum Gasteiger partial charge on any atom is -0.309 e. The van der Waals surface area contributed by atoms with Gasteiger partial charge in [0.15, 0.2) is 0 Å². The Morgan fingerprint density at radius 1 is 1.05 bits per heavy atom. The van der Waals surface area contributed by atoms with Gasteiger partial charge >= 0.3 is 0 Å². The van der Waals surface area contributed by atoms with Crippen LogP contribution >= 0.6 is 0 Å². The molecule has 6 heteroatoms. The van der Waals surface area contributed by atoms with Gasteiger partial charge in [0.1, 0.15) is 11.6 Å². The van der Waals surface area contributed by atoms with Gasteiger partial charge in [0.05, 0.1) is 4.92 Å². The third-order valence-corrected chi connectivity index (χ3v) is 2.81. The van der Waals surface area contributed by atoms with Crippen LogP contribution in [0.4, 0.5) is 14.5 Å². The summed E-state index contributed by atoms with van der Waals surface area (Å²) in [7, 11) is 0. The Kier molecular flexibility index (Phi) is 4.37. The highest BCUT2D eigenvalue weighted by molar-refractivity contribution is 5.32. The van der Waals surface area contributed by atoms with Crippen LogP contribution in [-0.4, -0.2) is 4.92 Å². The molecule has 0 saturated carbocycles. The first-order valence-corrected chi connectivity index (χ1v) is 5.94. The first kappa shape index (κ1) is 14.1. The maximum Gasteiger partial charge on any atom is 0.269 e. The van der Waals surface area contributed by atoms with E-state index in [2.05, 4.69) is 5.32 Å². The van der Waals surface area contributed by atoms with Gasteiger partial charge in [-0.2, -0.15) is 0 Å². The molecule has 0 aromatic heterocycles. The van der Waals surface area contributed by atoms with Crippen LogP contribution in [-0.2, 0) is 13.1 Å². The molecule has 1 N–H and O–H groups in total. The predicted molar refractivity (Wildman–Crippen MR) is 70.0 cm³/mol. The van der Waals surface area contributed by atoms with Crippen molar-refractivity contribution in [1.82, 2.24) is 5.32 Å². The quantitative estimate of drug-likeness (QED) is 0.675. The molecule has 2 rings (SSSR count). The molecule has 0 aliphatic carbocycles. The van der Waals surface area contributed by atoms with Crippen LogP contribution in [0, 0.1) is 21.7 Å². The Balaban J connectivity index is 1.91. The molecule has 0 radical (unpaired) electrons. The standard InChI is InChI=1S/C14H12F2N2O2/c15-12-4-3-11(14(16)7-12)9-17-8-10-1-5-13(6-2-10)18(19)20/h1-7,17H,8-9H2. The highest BCUT2D eigenvalue weighted by atomic mass is 19.1. The van der Waals surface area contributed by atoms with Gasteiger partial charge in [0.25, 0.3) is 5.69 Å². The summed E-state index contributed by atoms with van der Waals surface area (Å²) in [6, 6.07) is 9.51. The number of hydrogen-bond donors (Lipinski definition) is 1. The van der Waals surface area contributed by atoms with Crippen molar-refractivity contribution in [3.63, 3.8) is 0 Å². The van der Waals surface area contributed by atoms with Gasteiger partial charge in [-0.05, 0) is 11.6 Å². The molecular formula is C14H12F2N2O2. The molecule has 0 bridgehead atoms. The van der Waals surface area contributed by atoms with Crippen molar-refractivity contribution in [2.75, 3.05) is 0 Å². The van der Waals surface area contributed by atoms with E-state index in [0.717, 1.165) is 11.6 Å². The van der Waals surface area contributed by atoms with Gasteiger partial charge < -0.3 is 5.32 Å². The minimum absolute atomic E-state index is 0.0262. The zero-order valence-corrected chi connectivity index (χ0v) is 10.5. The van der Waals surface area contributed by atoms with E-state index in [1.807, 2.05) is 0 Å². The SMILES string of the molecule is O=[N+]([O-])c1ccc(CNCc2ccc(F)cc2F)cc1. The predicted octanol–water partition coefficient (Wildman–Crippen LogP) is 3.16. The first-order valence-electron chi connectivity index (χ1n) is 5.94. The van der Waals surface area contributed by atoms with Crippen molar-refractivity contribution in [2.24, 2.45) is 0 Å². The Morgan fingerprint density at radius 3 is 2.35 bits per heavy atom. The van der Waals surface area contributed by atoms with E-state index in [0.29, 0.717) is 12.1 Å². The van der Waals surface area contributed by atoms with Crippen LogP contribution in [0.25, 0.3) is 0 Å². The average Bonchev–Trinajstić information content (AvgIpc) is 2.42. The molecule has 0 saturated heterocycles. The summed E-state index contributed by atoms with van der Waals surface area (Å²) in [6.45, 7) is 0.692. The van der Waals surface area contributed by atoms with E-state index in [1.165, 1.54) is 24.3 Å². The van der Waals surface area contributed by atoms with Crippen molar-refractivity contribution in [3.8, 4) is 0 Å². The highest BCUT2D eigenvalue weighted by Gasteiger charge is 2.05. The van der Waals surface area contributed by atoms with E-state index in [1.54, 1.807) is 12.1 Å². The fraction of sp³-hybridized carbons (Fsp3) is 0.143. The number of benzene rings is 2. The highest BCUT2D eigenvalue weighted by Crippen LogP contribution is 2.12. The number of nitro benzene ring substituents is 1. The summed E-state index contributed by atoms with van der Waals surface area (Å²) in [4.78, 5) is 10.0. The molecule has 4 nitrogen and oxygen atoms in total. The fourth-order valence-electron chi connectivity index (χ4n) is 1.74. The summed E-state index contributed by atoms with van der Waals surface area (Å²) in [5, 5.41) is 13.5. The third kappa shape index (κ3) is 3.58. The molecule has 0 unspecified atom stereocenters. The Hall–Kier alpha value is -2.34. The van der Waals surface area contributed by atoms with Crippen LogP contribution in [0.2, 0.25) is 0 Å². The maximum atomic E-state index is 13.4. The molecular weight excluding hydrogens is 266 g/mol. The maximum absolute atomic E-state index is 13.4. The van der Waals surface area contributed by atoms with Crippen LogP contribution in [0.5, 0.6) is 0 Å². The first-order chi connectivity index (χ1) is 9.56. The lowest BCUT2D eigenvalue weighted by molar-refractivity contribution is -0.384. The molecule has 20 heavy (non-hydrogen) atoms. The lowest BCUT2D eigenvalue weighted by Gasteiger charge is -2.06. The van der Waals surface area contributed by atoms with E-state index in [-0.39, 0.29) is 12.2 Å². The summed E-state index contributed by atoms with van der Waals surface area (Å²) in [5.74, 6) is -1.21. The summed E-state index contributed by atoms with van der Waals surface area (Å²) in [5.41, 5.74) is 1.24. The van der Waals surface area contributed by atoms with E-state index >= 15 is 0 Å². The van der Waals surface area contributed by atoms with Gasteiger partial charge in [-0.15, -0.1) is 0 Å². The molecule has 104 valence electrons. The Morgan fingerprint density at radius 2 is 1.75 bits per heavy atom. The number of non-ortho nitro benzene ring substituents is 1. The number of rotatable bonds is 5. The van der Waals surface area contributed by atoms with E-state index < -0.39 is 16.6 Å². The van der Waals surface area contributed by atoms with Gasteiger partial charge in [-0.3, -0.25) is 10.1 Å². The largest absolute Gasteiger partial charge is 0.309 e. The number of halogens is 2. The number of nitrogens with one attached hydrogen (secondary N) is 1. The molecule has 0 amide bonds. The van der Waals surface area contributed by atoms with Gasteiger partial charge in [0, 0.05) is 36.9 Å². The number of nitrogens with zero attached hydrogens (tertiary/aromatic N) is 1. The minimum atomic E-state index is -0.610. The molecule has 0 fully saturated rings. The zero-order chi connectivity index (χ0) is 14.5. The van der Waals surface area contributed by atoms with Crippen LogP contribution in [0.15, 0.2) is 42.5 Å². The van der Waals surface area contributed by atoms with Crippen molar-refractivity contribution < 1.29 is 13.7 Å². The smallest absolute Gasteiger partial charge is 0.269 e. The molecule has 0 aliphatic rings. The molecule has 2 aromatic rings. The lowest BCUT2D eigenvalue weighted by atomic mass is 10.2. The van der Waals surface area contributed by atoms with Gasteiger partial charge in [-0.1, -0.05) is 18.2 Å². The topological polar surface area (TPSA) is 55.2 Å². The van der Waals surface area contributed by atoms with E-state index in [4.69, 9.17) is 0 Å². The molecule has 0 atom stereocenters. The monoisotopic (exact) mass is 278 g/mol. The zero-order valence-electron chi connectivity index (χ0n) is 10.5. The van der Waals surface area contributed by atoms with Gasteiger partial charge in [0.2, 0.25) is 0 Å². The van der Waals surface area contributed by atoms with Crippen LogP contribution < -0.4 is 5.32 Å². The van der Waals surface area contributed by atoms with Crippen LogP contribution in [0.3, 0.4) is 0 Å². The van der Waals surface area contributed by atoms with Crippen molar-refractivity contribution in [1.29, 1.82) is 0 Å². The second-order valence-electron chi connectivity index (χ2n) is 4.26. The second kappa shape index (κ2) is 6.21. The molecule has 0 spiro atoms. The summed E-state index contributed by atoms with van der Waals surface area (Å²) in [6.07, 6.45) is 0. The van der Waals surface area contributed by atoms with Crippen LogP contribution in [0.1, 0.15) is 11.1 Å². The van der Waals surface area contributed by atoms with E-state index in [9.17, 15) is 18.9 Å². The Bertz CT molecular complexity index is 615. The molecule has 2 aromatic carbocycles. The number of nitro groups is 1. The van der Waals surface area contributed by atoms with Gasteiger partial charge in [-0.25, -0.2) is 8.78 Å². The van der Waals surface area contributed by atoms with Crippen molar-refractivity contribution in [2.45, 2.75) is 13.1 Å². The lowest BCUT2D eigenvalue weighted by Crippen LogP contribution is -2.13. The average molecular weight is 278 g/mol. The normalized spacial score (nSPS) is 10.5. The summed E-state index contributed by atoms with van der Waals surface area (Å²) >= 11 is 0. The summed E-state index contributed by atoms with van der Waals surface area (Å²) < 4.78 is 26.1. The molecule has 0 aliphatic heterocycles. The Labute approximate surface area is 114 Å². The van der Waals surface area contributed by atoms with Crippen molar-refractivity contribution >= 4 is 5.69 Å². The third-order valence-electron chi connectivity index (χ3n) is 2.81. The van der Waals surface area contributed by atoms with Crippen molar-refractivity contribution in [3.05, 3.63) is 75.3 Å².